The van der Waals surface area contributed by atoms with Crippen molar-refractivity contribution >= 4 is 49.9 Å². The van der Waals surface area contributed by atoms with Crippen LogP contribution in [-0.2, 0) is 17.6 Å². The molecule has 3 rings (SSSR count). The number of thiazole rings is 1. The van der Waals surface area contributed by atoms with Crippen molar-refractivity contribution in [3.05, 3.63) is 38.3 Å². The van der Waals surface area contributed by atoms with Crippen LogP contribution in [0.3, 0.4) is 0 Å². The van der Waals surface area contributed by atoms with Crippen molar-refractivity contribution in [2.45, 2.75) is 25.7 Å². The molecule has 0 radical (unpaired) electrons. The van der Waals surface area contributed by atoms with E-state index >= 15 is 0 Å². The predicted octanol–water partition coefficient (Wildman–Crippen LogP) is 4.46. The van der Waals surface area contributed by atoms with Gasteiger partial charge in [-0.2, -0.15) is 0 Å². The van der Waals surface area contributed by atoms with Crippen LogP contribution in [0.2, 0.25) is 5.02 Å². The summed E-state index contributed by atoms with van der Waals surface area (Å²) < 4.78 is 6.21. The number of carbonyl (C=O) groups excluding carboxylic acids is 1. The molecule has 1 aromatic heterocycles. The highest BCUT2D eigenvalue weighted by molar-refractivity contribution is 9.10. The molecule has 1 aliphatic carbocycles. The Labute approximate surface area is 146 Å². The summed E-state index contributed by atoms with van der Waals surface area (Å²) in [5.74, 6) is 0.367. The molecular formula is C15H14BrClN2O2S. The van der Waals surface area contributed by atoms with Gasteiger partial charge in [-0.15, -0.1) is 11.3 Å². The van der Waals surface area contributed by atoms with Gasteiger partial charge >= 0.3 is 0 Å². The highest BCUT2D eigenvalue weighted by Crippen LogP contribution is 2.30. The fourth-order valence-electron chi connectivity index (χ4n) is 2.30. The van der Waals surface area contributed by atoms with Crippen molar-refractivity contribution < 1.29 is 9.53 Å². The van der Waals surface area contributed by atoms with Crippen molar-refractivity contribution in [3.63, 3.8) is 0 Å². The van der Waals surface area contributed by atoms with Crippen molar-refractivity contribution in [3.8, 4) is 5.75 Å². The number of carbonyl (C=O) groups is 1. The van der Waals surface area contributed by atoms with Gasteiger partial charge in [0, 0.05) is 9.90 Å². The number of anilines is 1. The second-order valence-electron chi connectivity index (χ2n) is 5.01. The molecule has 0 spiro atoms. The maximum absolute atomic E-state index is 12.0. The third-order valence-electron chi connectivity index (χ3n) is 3.34. The van der Waals surface area contributed by atoms with E-state index < -0.39 is 0 Å². The minimum absolute atomic E-state index is 0.0650. The fourth-order valence-corrected chi connectivity index (χ4v) is 4.16. The Kier molecular flexibility index (Phi) is 5.00. The molecule has 1 aromatic carbocycles. The van der Waals surface area contributed by atoms with Crippen molar-refractivity contribution in [1.82, 2.24) is 4.98 Å². The van der Waals surface area contributed by atoms with Crippen LogP contribution in [0.1, 0.15) is 23.4 Å². The van der Waals surface area contributed by atoms with E-state index in [2.05, 4.69) is 26.2 Å². The van der Waals surface area contributed by atoms with Gasteiger partial charge in [-0.1, -0.05) is 11.6 Å². The monoisotopic (exact) mass is 400 g/mol. The smallest absolute Gasteiger partial charge is 0.264 e. The van der Waals surface area contributed by atoms with Gasteiger partial charge in [0.15, 0.2) is 11.7 Å². The van der Waals surface area contributed by atoms with Crippen LogP contribution >= 0.6 is 38.9 Å². The molecule has 0 aliphatic heterocycles. The van der Waals surface area contributed by atoms with Crippen LogP contribution in [-0.4, -0.2) is 17.5 Å². The highest BCUT2D eigenvalue weighted by atomic mass is 79.9. The standard InChI is InChI=1S/C15H14BrClN2O2S/c16-10-7-9(17)5-6-12(10)21-8-14(20)19-15-18-11-3-1-2-4-13(11)22-15/h5-7H,1-4,8H2,(H,18,19,20). The maximum atomic E-state index is 12.0. The number of benzene rings is 1. The van der Waals surface area contributed by atoms with E-state index in [0.29, 0.717) is 15.9 Å². The number of fused-ring (bicyclic) bond motifs is 1. The Morgan fingerprint density at radius 2 is 2.23 bits per heavy atom. The van der Waals surface area contributed by atoms with Crippen LogP contribution in [0.25, 0.3) is 0 Å². The first-order valence-electron chi connectivity index (χ1n) is 6.98. The molecule has 0 fully saturated rings. The van der Waals surface area contributed by atoms with E-state index in [1.54, 1.807) is 29.5 Å². The van der Waals surface area contributed by atoms with Crippen LogP contribution in [0.4, 0.5) is 5.13 Å². The van der Waals surface area contributed by atoms with E-state index in [0.717, 1.165) is 23.0 Å². The SMILES string of the molecule is O=C(COc1ccc(Cl)cc1Br)Nc1nc2c(s1)CCCC2. The molecular weight excluding hydrogens is 388 g/mol. The molecule has 1 amide bonds. The van der Waals surface area contributed by atoms with Crippen LogP contribution in [0.15, 0.2) is 22.7 Å². The first kappa shape index (κ1) is 15.8. The molecule has 0 atom stereocenters. The second kappa shape index (κ2) is 6.98. The number of aryl methyl sites for hydroxylation is 2. The zero-order valence-electron chi connectivity index (χ0n) is 11.7. The molecule has 0 saturated carbocycles. The van der Waals surface area contributed by atoms with E-state index in [1.165, 1.54) is 17.7 Å². The molecule has 2 aromatic rings. The van der Waals surface area contributed by atoms with Crippen LogP contribution in [0, 0.1) is 0 Å². The van der Waals surface area contributed by atoms with Gasteiger partial charge in [0.1, 0.15) is 5.75 Å². The third-order valence-corrected chi connectivity index (χ3v) is 5.27. The molecule has 0 bridgehead atoms. The highest BCUT2D eigenvalue weighted by Gasteiger charge is 2.16. The third kappa shape index (κ3) is 3.80. The van der Waals surface area contributed by atoms with E-state index in [-0.39, 0.29) is 12.5 Å². The Morgan fingerprint density at radius 1 is 1.41 bits per heavy atom. The van der Waals surface area contributed by atoms with Gasteiger partial charge in [0.05, 0.1) is 10.2 Å². The number of halogens is 2. The fraction of sp³-hybridized carbons (Fsp3) is 0.333. The minimum Gasteiger partial charge on any atom is -0.483 e. The summed E-state index contributed by atoms with van der Waals surface area (Å²) in [6, 6.07) is 5.17. The summed E-state index contributed by atoms with van der Waals surface area (Å²) in [5, 5.41) is 4.07. The molecule has 0 unspecified atom stereocenters. The number of hydrogen-bond acceptors (Lipinski definition) is 4. The van der Waals surface area contributed by atoms with Gasteiger partial charge in [-0.3, -0.25) is 10.1 Å². The Hall–Kier alpha value is -1.11. The molecule has 22 heavy (non-hydrogen) atoms. The van der Waals surface area contributed by atoms with E-state index in [9.17, 15) is 4.79 Å². The van der Waals surface area contributed by atoms with Crippen molar-refractivity contribution in [2.75, 3.05) is 11.9 Å². The number of ether oxygens (including phenoxy) is 1. The summed E-state index contributed by atoms with van der Waals surface area (Å²) in [6.45, 7) is -0.0650. The zero-order chi connectivity index (χ0) is 15.5. The molecule has 4 nitrogen and oxygen atoms in total. The van der Waals surface area contributed by atoms with Gasteiger partial charge in [0.25, 0.3) is 5.91 Å². The normalized spacial score (nSPS) is 13.5. The van der Waals surface area contributed by atoms with Gasteiger partial charge in [-0.25, -0.2) is 4.98 Å². The Bertz CT molecular complexity index is 681. The average Bonchev–Trinajstić information content (AvgIpc) is 2.88. The summed E-state index contributed by atoms with van der Waals surface area (Å²) in [6.07, 6.45) is 4.46. The lowest BCUT2D eigenvalue weighted by molar-refractivity contribution is -0.118. The molecule has 7 heteroatoms. The molecule has 0 saturated heterocycles. The van der Waals surface area contributed by atoms with E-state index in [4.69, 9.17) is 16.3 Å². The number of nitrogens with one attached hydrogen (secondary N) is 1. The number of amides is 1. The topological polar surface area (TPSA) is 51.2 Å². The molecule has 1 aliphatic rings. The quantitative estimate of drug-likeness (QED) is 0.823. The first-order valence-corrected chi connectivity index (χ1v) is 8.97. The molecule has 1 N–H and O–H groups in total. The summed E-state index contributed by atoms with van der Waals surface area (Å²) in [5.41, 5.74) is 1.13. The number of hydrogen-bond donors (Lipinski definition) is 1. The van der Waals surface area contributed by atoms with Crippen molar-refractivity contribution in [1.29, 1.82) is 0 Å². The number of aromatic nitrogens is 1. The van der Waals surface area contributed by atoms with Gasteiger partial charge in [-0.05, 0) is 59.8 Å². The zero-order valence-corrected chi connectivity index (χ0v) is 14.9. The summed E-state index contributed by atoms with van der Waals surface area (Å²) in [7, 11) is 0. The lowest BCUT2D eigenvalue weighted by Crippen LogP contribution is -2.20. The Balaban J connectivity index is 1.57. The molecule has 1 heterocycles. The largest absolute Gasteiger partial charge is 0.483 e. The minimum atomic E-state index is -0.215. The van der Waals surface area contributed by atoms with Crippen LogP contribution < -0.4 is 10.1 Å². The van der Waals surface area contributed by atoms with Crippen LogP contribution in [0.5, 0.6) is 5.75 Å². The van der Waals surface area contributed by atoms with Gasteiger partial charge < -0.3 is 4.74 Å². The molecule has 116 valence electrons. The first-order chi connectivity index (χ1) is 10.6. The number of rotatable bonds is 4. The maximum Gasteiger partial charge on any atom is 0.264 e. The average molecular weight is 402 g/mol. The number of nitrogens with zero attached hydrogens (tertiary/aromatic N) is 1. The second-order valence-corrected chi connectivity index (χ2v) is 7.38. The predicted molar refractivity (Wildman–Crippen MR) is 92.0 cm³/mol. The lowest BCUT2D eigenvalue weighted by Gasteiger charge is -2.07. The Morgan fingerprint density at radius 3 is 3.00 bits per heavy atom. The summed E-state index contributed by atoms with van der Waals surface area (Å²) >= 11 is 10.8. The summed E-state index contributed by atoms with van der Waals surface area (Å²) in [4.78, 5) is 17.7. The lowest BCUT2D eigenvalue weighted by atomic mass is 10.0. The van der Waals surface area contributed by atoms with Crippen molar-refractivity contribution in [2.24, 2.45) is 0 Å². The van der Waals surface area contributed by atoms with E-state index in [1.807, 2.05) is 0 Å². The van der Waals surface area contributed by atoms with Gasteiger partial charge in [0.2, 0.25) is 0 Å².